The number of phenolic OH excluding ortho intramolecular Hbond substituents is 1. The standard InChI is InChI=1S/C25H27N3.C13H16O4.Co/c1-16-10-12-22(18(3)14-16)26-20(5)24-8-7-9-25(28-24)21(6)27-23-13-11-17(2)15-19(23)4;14-10-7-6-9(8-4-2-1-3-5-8)11(12(10)15)13(16)17;/h7-15H,1-6H3;6-8,14-15H,1-5H2,(H,16,17);/q;;+1/p-1. The van der Waals surface area contributed by atoms with Gasteiger partial charge in [0, 0.05) is 5.56 Å². The number of aromatic hydroxyl groups is 2. The number of carbonyl (C=O) groups excluding carboxylic acids is 1. The Bertz CT molecular complexity index is 1670. The van der Waals surface area contributed by atoms with Gasteiger partial charge in [-0.15, -0.1) is 0 Å². The van der Waals surface area contributed by atoms with E-state index in [0.717, 1.165) is 59.9 Å². The zero-order valence-corrected chi connectivity index (χ0v) is 28.4. The van der Waals surface area contributed by atoms with E-state index in [9.17, 15) is 20.1 Å². The maximum Gasteiger partial charge on any atom is 1.00 e. The molecular formula is C38H42CoN3O4. The molecule has 0 radical (unpaired) electrons. The van der Waals surface area contributed by atoms with Crippen LogP contribution >= 0.6 is 0 Å². The van der Waals surface area contributed by atoms with Crippen LogP contribution in [0.5, 0.6) is 11.5 Å². The number of rotatable bonds is 6. The van der Waals surface area contributed by atoms with Crippen LogP contribution in [0.1, 0.15) is 101 Å². The fourth-order valence-corrected chi connectivity index (χ4v) is 5.74. The number of aromatic nitrogens is 1. The largest absolute Gasteiger partial charge is 1.00 e. The molecule has 5 rings (SSSR count). The third-order valence-electron chi connectivity index (χ3n) is 8.21. The van der Waals surface area contributed by atoms with Gasteiger partial charge in [0.1, 0.15) is 0 Å². The van der Waals surface area contributed by atoms with Crippen molar-refractivity contribution in [2.24, 2.45) is 9.98 Å². The second kappa shape index (κ2) is 16.3. The van der Waals surface area contributed by atoms with Gasteiger partial charge in [0.2, 0.25) is 0 Å². The van der Waals surface area contributed by atoms with Gasteiger partial charge in [0.05, 0.1) is 40.2 Å². The van der Waals surface area contributed by atoms with E-state index < -0.39 is 17.5 Å². The van der Waals surface area contributed by atoms with Gasteiger partial charge in [-0.3, -0.25) is 9.98 Å². The van der Waals surface area contributed by atoms with Crippen LogP contribution in [0.15, 0.2) is 76.7 Å². The molecule has 4 aromatic rings. The van der Waals surface area contributed by atoms with Crippen LogP contribution in [0, 0.1) is 27.7 Å². The van der Waals surface area contributed by atoms with Crippen LogP contribution in [-0.2, 0) is 16.8 Å². The number of hydrogen-bond donors (Lipinski definition) is 2. The zero-order chi connectivity index (χ0) is 32.7. The molecular weight excluding hydrogens is 621 g/mol. The number of nitrogens with zero attached hydrogens (tertiary/aromatic N) is 3. The predicted octanol–water partition coefficient (Wildman–Crippen LogP) is 8.10. The molecule has 0 spiro atoms. The Morgan fingerprint density at radius 3 is 1.72 bits per heavy atom. The monoisotopic (exact) mass is 663 g/mol. The molecule has 1 heterocycles. The smallest absolute Gasteiger partial charge is 0.545 e. The van der Waals surface area contributed by atoms with Crippen LogP contribution in [0.25, 0.3) is 0 Å². The fraction of sp³-hybridized carbons (Fsp3) is 0.316. The maximum atomic E-state index is 11.1. The Morgan fingerprint density at radius 2 is 1.26 bits per heavy atom. The molecule has 1 fully saturated rings. The second-order valence-electron chi connectivity index (χ2n) is 11.9. The molecule has 0 unspecified atom stereocenters. The molecule has 242 valence electrons. The molecule has 1 aliphatic rings. The van der Waals surface area contributed by atoms with Crippen molar-refractivity contribution in [3.63, 3.8) is 0 Å². The van der Waals surface area contributed by atoms with Crippen molar-refractivity contribution in [2.45, 2.75) is 79.6 Å². The molecule has 1 aliphatic carbocycles. The number of carboxylic acids is 1. The number of hydrogen-bond acceptors (Lipinski definition) is 7. The molecule has 2 N–H and O–H groups in total. The number of aryl methyl sites for hydroxylation is 4. The van der Waals surface area contributed by atoms with Gasteiger partial charge in [0.25, 0.3) is 0 Å². The van der Waals surface area contributed by atoms with Gasteiger partial charge >= 0.3 is 16.8 Å². The summed E-state index contributed by atoms with van der Waals surface area (Å²) in [7, 11) is 0. The van der Waals surface area contributed by atoms with Crippen LogP contribution in [0.4, 0.5) is 11.4 Å². The van der Waals surface area contributed by atoms with E-state index >= 15 is 0 Å². The number of carboxylic acid groups (broad SMARTS) is 1. The van der Waals surface area contributed by atoms with Crippen molar-refractivity contribution in [2.75, 3.05) is 0 Å². The van der Waals surface area contributed by atoms with Crippen LogP contribution < -0.4 is 5.11 Å². The first-order chi connectivity index (χ1) is 21.4. The topological polar surface area (TPSA) is 118 Å². The van der Waals surface area contributed by atoms with Crippen molar-refractivity contribution >= 4 is 28.8 Å². The minimum atomic E-state index is -1.43. The van der Waals surface area contributed by atoms with E-state index in [1.807, 2.05) is 32.0 Å². The third-order valence-corrected chi connectivity index (χ3v) is 8.21. The van der Waals surface area contributed by atoms with Crippen LogP contribution in [0.2, 0.25) is 0 Å². The summed E-state index contributed by atoms with van der Waals surface area (Å²) in [5, 5.41) is 30.0. The molecule has 0 saturated heterocycles. The molecule has 1 saturated carbocycles. The van der Waals surface area contributed by atoms with E-state index in [0.29, 0.717) is 5.56 Å². The van der Waals surface area contributed by atoms with Gasteiger partial charge in [-0.1, -0.05) is 66.8 Å². The summed E-state index contributed by atoms with van der Waals surface area (Å²) in [5.41, 5.74) is 10.6. The summed E-state index contributed by atoms with van der Waals surface area (Å²) in [5.74, 6) is -2.28. The molecule has 7 nitrogen and oxygen atoms in total. The molecule has 0 amide bonds. The normalized spacial score (nSPS) is 13.8. The number of pyridine rings is 1. The Kier molecular flexibility index (Phi) is 12.9. The van der Waals surface area contributed by atoms with E-state index in [1.54, 1.807) is 6.07 Å². The van der Waals surface area contributed by atoms with E-state index in [1.165, 1.54) is 34.7 Å². The number of aliphatic imine (C=N–C) groups is 2. The van der Waals surface area contributed by atoms with E-state index in [2.05, 4.69) is 64.1 Å². The fourth-order valence-electron chi connectivity index (χ4n) is 5.74. The van der Waals surface area contributed by atoms with Crippen LogP contribution in [0.3, 0.4) is 0 Å². The average molecular weight is 664 g/mol. The first-order valence-electron chi connectivity index (χ1n) is 15.4. The van der Waals surface area contributed by atoms with E-state index in [-0.39, 0.29) is 28.3 Å². The van der Waals surface area contributed by atoms with Crippen molar-refractivity contribution in [1.29, 1.82) is 0 Å². The van der Waals surface area contributed by atoms with Gasteiger partial charge in [0.15, 0.2) is 11.5 Å². The maximum absolute atomic E-state index is 11.1. The average Bonchev–Trinajstić information content (AvgIpc) is 3.01. The number of aromatic carboxylic acids is 1. The van der Waals surface area contributed by atoms with Gasteiger partial charge in [-0.2, -0.15) is 0 Å². The third kappa shape index (κ3) is 9.14. The summed E-state index contributed by atoms with van der Waals surface area (Å²) in [6.45, 7) is 12.4. The summed E-state index contributed by atoms with van der Waals surface area (Å²) in [6, 6.07) is 21.5. The second-order valence-corrected chi connectivity index (χ2v) is 11.9. The van der Waals surface area contributed by atoms with Crippen LogP contribution in [-0.4, -0.2) is 32.6 Å². The molecule has 0 atom stereocenters. The van der Waals surface area contributed by atoms with E-state index in [4.69, 9.17) is 15.0 Å². The molecule has 0 bridgehead atoms. The molecule has 1 aromatic heterocycles. The SMILES string of the molecule is CC(=Nc1ccc(C)cc1C)c1cccc(C(C)=Nc2ccc(C)cc2C)n1.O=C([O-])c1c(C2CCCCC2)ccc(O)c1O.[Co+]. The van der Waals surface area contributed by atoms with Crippen molar-refractivity contribution in [3.05, 3.63) is 111 Å². The number of benzene rings is 3. The van der Waals surface area contributed by atoms with Crippen molar-refractivity contribution in [1.82, 2.24) is 4.98 Å². The number of phenols is 2. The van der Waals surface area contributed by atoms with Gasteiger partial charge in [-0.25, -0.2) is 4.98 Å². The minimum Gasteiger partial charge on any atom is -0.545 e. The Labute approximate surface area is 282 Å². The number of carbonyl (C=O) groups is 1. The molecule has 8 heteroatoms. The van der Waals surface area contributed by atoms with Gasteiger partial charge in [-0.05, 0) is 107 Å². The summed E-state index contributed by atoms with van der Waals surface area (Å²) in [4.78, 5) is 25.4. The first kappa shape index (κ1) is 36.2. The quantitative estimate of drug-likeness (QED) is 0.160. The summed E-state index contributed by atoms with van der Waals surface area (Å²) >= 11 is 0. The first-order valence-corrected chi connectivity index (χ1v) is 15.4. The molecule has 3 aromatic carbocycles. The zero-order valence-electron chi connectivity index (χ0n) is 27.3. The van der Waals surface area contributed by atoms with Crippen molar-refractivity contribution in [3.8, 4) is 11.5 Å². The molecule has 0 aliphatic heterocycles. The Balaban J connectivity index is 0.000000274. The van der Waals surface area contributed by atoms with Gasteiger partial charge < -0.3 is 20.1 Å². The summed E-state index contributed by atoms with van der Waals surface area (Å²) in [6.07, 6.45) is 5.15. The molecule has 46 heavy (non-hydrogen) atoms. The predicted molar refractivity (Wildman–Crippen MR) is 180 cm³/mol. The minimum absolute atomic E-state index is 0. The Hall–Kier alpha value is -4.27. The summed E-state index contributed by atoms with van der Waals surface area (Å²) < 4.78 is 0. The van der Waals surface area contributed by atoms with Crippen molar-refractivity contribution < 1.29 is 36.9 Å². The Morgan fingerprint density at radius 1 is 0.761 bits per heavy atom.